The molecule has 1 aliphatic carbocycles. The van der Waals surface area contributed by atoms with Gasteiger partial charge in [0.05, 0.1) is 17.6 Å². The second-order valence-corrected chi connectivity index (χ2v) is 11.8. The Hall–Kier alpha value is -4.08. The number of ether oxygens (including phenoxy) is 1. The van der Waals surface area contributed by atoms with Crippen molar-refractivity contribution in [3.63, 3.8) is 0 Å². The first-order valence-electron chi connectivity index (χ1n) is 13.2. The number of aryl methyl sites for hydroxylation is 2. The molecule has 0 fully saturated rings. The van der Waals surface area contributed by atoms with Crippen molar-refractivity contribution in [2.45, 2.75) is 53.1 Å². The van der Waals surface area contributed by atoms with Crippen molar-refractivity contribution in [2.24, 2.45) is 11.1 Å². The average molecular weight is 556 g/mol. The maximum Gasteiger partial charge on any atom is 0.162 e. The maximum absolute atomic E-state index is 13.9. The number of halogens is 2. The van der Waals surface area contributed by atoms with Gasteiger partial charge >= 0.3 is 0 Å². The second-order valence-electron chi connectivity index (χ2n) is 11.3. The highest BCUT2D eigenvalue weighted by Crippen LogP contribution is 2.51. The van der Waals surface area contributed by atoms with Crippen molar-refractivity contribution in [3.05, 3.63) is 116 Å². The number of benzene rings is 3. The highest BCUT2D eigenvalue weighted by Gasteiger charge is 2.45. The largest absolute Gasteiger partial charge is 0.489 e. The number of carbonyl (C=O) groups is 1. The standard InChI is InChI=1S/C33H31ClFN3O2/c1-19-12-20(2)26(13-21(19)18-40-25-10-8-23(35)9-11-25)30-27(17-36)32(37)38(24-7-5-6-22(34)14-24)28-15-33(3,4)16-29(39)31(28)30/h5-14,30H,15-16,18,37H2,1-4H3. The van der Waals surface area contributed by atoms with Crippen LogP contribution in [0.2, 0.25) is 5.02 Å². The van der Waals surface area contributed by atoms with E-state index in [0.717, 1.165) is 28.0 Å². The predicted molar refractivity (Wildman–Crippen MR) is 155 cm³/mol. The lowest BCUT2D eigenvalue weighted by molar-refractivity contribution is -0.118. The number of Topliss-reactive ketones (excluding diaryl/α,β-unsaturated/α-hetero) is 1. The molecule has 3 aromatic rings. The van der Waals surface area contributed by atoms with E-state index in [1.54, 1.807) is 24.3 Å². The van der Waals surface area contributed by atoms with Gasteiger partial charge in [-0.25, -0.2) is 4.39 Å². The van der Waals surface area contributed by atoms with Crippen LogP contribution in [0.3, 0.4) is 0 Å². The monoisotopic (exact) mass is 555 g/mol. The van der Waals surface area contributed by atoms with Crippen LogP contribution in [0.4, 0.5) is 10.1 Å². The molecule has 204 valence electrons. The molecule has 1 atom stereocenters. The number of nitriles is 1. The molecule has 1 aliphatic heterocycles. The van der Waals surface area contributed by atoms with E-state index in [1.807, 2.05) is 43.0 Å². The molecule has 0 saturated carbocycles. The number of allylic oxidation sites excluding steroid dienone is 3. The topological polar surface area (TPSA) is 79.4 Å². The summed E-state index contributed by atoms with van der Waals surface area (Å²) in [6.07, 6.45) is 0.984. The molecular weight excluding hydrogens is 525 g/mol. The molecule has 0 amide bonds. The zero-order valence-corrected chi connectivity index (χ0v) is 23.8. The van der Waals surface area contributed by atoms with E-state index < -0.39 is 5.92 Å². The zero-order chi connectivity index (χ0) is 28.8. The Morgan fingerprint density at radius 2 is 1.82 bits per heavy atom. The summed E-state index contributed by atoms with van der Waals surface area (Å²) in [5.41, 5.74) is 12.7. The molecule has 0 radical (unpaired) electrons. The van der Waals surface area contributed by atoms with E-state index in [1.165, 1.54) is 12.1 Å². The number of hydrogen-bond donors (Lipinski definition) is 1. The van der Waals surface area contributed by atoms with Crippen molar-refractivity contribution in [3.8, 4) is 11.8 Å². The Morgan fingerprint density at radius 3 is 2.50 bits per heavy atom. The molecule has 0 aromatic heterocycles. The van der Waals surface area contributed by atoms with Crippen LogP contribution in [-0.2, 0) is 11.4 Å². The lowest BCUT2D eigenvalue weighted by Crippen LogP contribution is -2.42. The summed E-state index contributed by atoms with van der Waals surface area (Å²) in [5, 5.41) is 11.0. The molecule has 0 bridgehead atoms. The molecule has 2 N–H and O–H groups in total. The van der Waals surface area contributed by atoms with Gasteiger partial charge in [0.25, 0.3) is 0 Å². The summed E-state index contributed by atoms with van der Waals surface area (Å²) in [6, 6.07) is 19.6. The Kier molecular flexibility index (Phi) is 7.20. The van der Waals surface area contributed by atoms with E-state index in [0.29, 0.717) is 46.3 Å². The van der Waals surface area contributed by atoms with Gasteiger partial charge in [-0.05, 0) is 90.4 Å². The number of ketones is 1. The first-order chi connectivity index (χ1) is 19.0. The number of rotatable bonds is 5. The molecule has 3 aromatic carbocycles. The first kappa shape index (κ1) is 27.5. The Labute approximate surface area is 239 Å². The van der Waals surface area contributed by atoms with Crippen molar-refractivity contribution in [2.75, 3.05) is 4.90 Å². The minimum absolute atomic E-state index is 0.00705. The van der Waals surface area contributed by atoms with Crippen LogP contribution in [0.25, 0.3) is 0 Å². The normalized spacial score (nSPS) is 18.5. The average Bonchev–Trinajstić information content (AvgIpc) is 2.88. The van der Waals surface area contributed by atoms with Gasteiger partial charge in [0.2, 0.25) is 0 Å². The van der Waals surface area contributed by atoms with Crippen molar-refractivity contribution < 1.29 is 13.9 Å². The fourth-order valence-corrected chi connectivity index (χ4v) is 5.99. The van der Waals surface area contributed by atoms with E-state index in [2.05, 4.69) is 19.9 Å². The molecule has 0 saturated heterocycles. The van der Waals surface area contributed by atoms with Gasteiger partial charge in [0, 0.05) is 28.4 Å². The molecule has 40 heavy (non-hydrogen) atoms. The predicted octanol–water partition coefficient (Wildman–Crippen LogP) is 7.62. The number of anilines is 1. The number of carbonyl (C=O) groups excluding carboxylic acids is 1. The fourth-order valence-electron chi connectivity index (χ4n) is 5.80. The van der Waals surface area contributed by atoms with E-state index in [-0.39, 0.29) is 23.6 Å². The second kappa shape index (κ2) is 10.5. The first-order valence-corrected chi connectivity index (χ1v) is 13.6. The molecule has 0 spiro atoms. The number of nitrogens with two attached hydrogens (primary N) is 1. The number of nitrogens with zero attached hydrogens (tertiary/aromatic N) is 2. The third-order valence-electron chi connectivity index (χ3n) is 7.69. The van der Waals surface area contributed by atoms with Gasteiger partial charge in [0.15, 0.2) is 5.78 Å². The number of hydrogen-bond acceptors (Lipinski definition) is 5. The Balaban J connectivity index is 1.66. The van der Waals surface area contributed by atoms with Gasteiger partial charge in [-0.1, -0.05) is 43.6 Å². The van der Waals surface area contributed by atoms with Gasteiger partial charge in [0.1, 0.15) is 24.0 Å². The van der Waals surface area contributed by atoms with Crippen LogP contribution in [0.5, 0.6) is 5.75 Å². The molecule has 5 nitrogen and oxygen atoms in total. The van der Waals surface area contributed by atoms with Crippen LogP contribution in [0.1, 0.15) is 54.9 Å². The third kappa shape index (κ3) is 5.10. The quantitative estimate of drug-likeness (QED) is 0.350. The minimum atomic E-state index is -0.607. The lowest BCUT2D eigenvalue weighted by atomic mass is 9.68. The van der Waals surface area contributed by atoms with E-state index in [4.69, 9.17) is 22.1 Å². The summed E-state index contributed by atoms with van der Waals surface area (Å²) >= 11 is 6.34. The molecule has 1 heterocycles. The fraction of sp³-hybridized carbons (Fsp3) is 0.273. The smallest absolute Gasteiger partial charge is 0.162 e. The summed E-state index contributed by atoms with van der Waals surface area (Å²) < 4.78 is 19.3. The zero-order valence-electron chi connectivity index (χ0n) is 23.0. The molecule has 5 rings (SSSR count). The van der Waals surface area contributed by atoms with Crippen LogP contribution < -0.4 is 15.4 Å². The van der Waals surface area contributed by atoms with Crippen LogP contribution >= 0.6 is 11.6 Å². The van der Waals surface area contributed by atoms with Gasteiger partial charge in [-0.3, -0.25) is 9.69 Å². The molecule has 1 unspecified atom stereocenters. The van der Waals surface area contributed by atoms with Crippen LogP contribution in [0.15, 0.2) is 83.3 Å². The van der Waals surface area contributed by atoms with Crippen LogP contribution in [-0.4, -0.2) is 5.78 Å². The summed E-state index contributed by atoms with van der Waals surface area (Å²) in [7, 11) is 0. The highest BCUT2D eigenvalue weighted by atomic mass is 35.5. The lowest BCUT2D eigenvalue weighted by Gasteiger charge is -2.44. The summed E-state index contributed by atoms with van der Waals surface area (Å²) in [4.78, 5) is 15.7. The van der Waals surface area contributed by atoms with Crippen molar-refractivity contribution in [1.29, 1.82) is 5.26 Å². The van der Waals surface area contributed by atoms with E-state index in [9.17, 15) is 14.4 Å². The SMILES string of the molecule is Cc1cc(C)c(C2C(C#N)=C(N)N(c3cccc(Cl)c3)C3=C2C(=O)CC(C)(C)C3)cc1COc1ccc(F)cc1. The summed E-state index contributed by atoms with van der Waals surface area (Å²) in [5.74, 6) is -0.0858. The van der Waals surface area contributed by atoms with Crippen LogP contribution in [0, 0.1) is 36.4 Å². The van der Waals surface area contributed by atoms with Gasteiger partial charge in [-0.2, -0.15) is 5.26 Å². The van der Waals surface area contributed by atoms with Crippen molar-refractivity contribution in [1.82, 2.24) is 0 Å². The maximum atomic E-state index is 13.9. The Bertz CT molecular complexity index is 1620. The Morgan fingerprint density at radius 1 is 1.10 bits per heavy atom. The molecular formula is C33H31ClFN3O2. The minimum Gasteiger partial charge on any atom is -0.489 e. The van der Waals surface area contributed by atoms with Gasteiger partial charge in [-0.15, -0.1) is 0 Å². The molecule has 7 heteroatoms. The van der Waals surface area contributed by atoms with E-state index >= 15 is 0 Å². The summed E-state index contributed by atoms with van der Waals surface area (Å²) in [6.45, 7) is 8.37. The molecule has 2 aliphatic rings. The van der Waals surface area contributed by atoms with Gasteiger partial charge < -0.3 is 10.5 Å². The highest BCUT2D eigenvalue weighted by molar-refractivity contribution is 6.30. The van der Waals surface area contributed by atoms with Crippen molar-refractivity contribution >= 4 is 23.1 Å². The third-order valence-corrected chi connectivity index (χ3v) is 7.93.